The van der Waals surface area contributed by atoms with Crippen LogP contribution in [-0.2, 0) is 0 Å². The standard InChI is InChI=1S/C13H9ClFNO3/c1-19-12-5-11(13(17)18)16-6-9(12)8-4-7(14)2-3-10(8)15/h2-6H,1H3,(H,17,18). The Kier molecular flexibility index (Phi) is 3.66. The molecule has 0 aliphatic carbocycles. The lowest BCUT2D eigenvalue weighted by atomic mass is 10.1. The van der Waals surface area contributed by atoms with E-state index in [0.29, 0.717) is 10.6 Å². The number of hydrogen-bond donors (Lipinski definition) is 1. The average Bonchev–Trinajstić information content (AvgIpc) is 2.40. The van der Waals surface area contributed by atoms with Crippen LogP contribution in [0.1, 0.15) is 10.5 Å². The number of aromatic nitrogens is 1. The first-order valence-electron chi connectivity index (χ1n) is 5.25. The number of methoxy groups -OCH3 is 1. The molecule has 2 rings (SSSR count). The summed E-state index contributed by atoms with van der Waals surface area (Å²) < 4.78 is 18.8. The van der Waals surface area contributed by atoms with Gasteiger partial charge >= 0.3 is 5.97 Å². The minimum Gasteiger partial charge on any atom is -0.496 e. The Bertz CT molecular complexity index is 646. The Hall–Kier alpha value is -2.14. The van der Waals surface area contributed by atoms with Gasteiger partial charge in [-0.2, -0.15) is 0 Å². The lowest BCUT2D eigenvalue weighted by Gasteiger charge is -2.10. The molecule has 0 fully saturated rings. The maximum absolute atomic E-state index is 13.8. The number of pyridine rings is 1. The summed E-state index contributed by atoms with van der Waals surface area (Å²) in [5.74, 6) is -1.46. The second kappa shape index (κ2) is 5.24. The summed E-state index contributed by atoms with van der Waals surface area (Å²) >= 11 is 5.82. The van der Waals surface area contributed by atoms with Crippen molar-refractivity contribution < 1.29 is 19.0 Å². The van der Waals surface area contributed by atoms with Gasteiger partial charge in [0.25, 0.3) is 0 Å². The van der Waals surface area contributed by atoms with Gasteiger partial charge in [0.15, 0.2) is 5.69 Å². The third-order valence-electron chi connectivity index (χ3n) is 2.52. The molecule has 1 N–H and O–H groups in total. The summed E-state index contributed by atoms with van der Waals surface area (Å²) in [7, 11) is 1.37. The van der Waals surface area contributed by atoms with E-state index in [1.807, 2.05) is 0 Å². The Balaban J connectivity index is 2.62. The van der Waals surface area contributed by atoms with Crippen molar-refractivity contribution in [1.29, 1.82) is 0 Å². The number of benzene rings is 1. The Morgan fingerprint density at radius 3 is 2.74 bits per heavy atom. The van der Waals surface area contributed by atoms with E-state index in [4.69, 9.17) is 21.4 Å². The van der Waals surface area contributed by atoms with E-state index in [-0.39, 0.29) is 17.0 Å². The van der Waals surface area contributed by atoms with Crippen LogP contribution in [0.2, 0.25) is 5.02 Å². The van der Waals surface area contributed by atoms with Gasteiger partial charge in [0.1, 0.15) is 11.6 Å². The van der Waals surface area contributed by atoms with E-state index >= 15 is 0 Å². The van der Waals surface area contributed by atoms with E-state index in [1.54, 1.807) is 0 Å². The second-order valence-electron chi connectivity index (χ2n) is 3.70. The molecule has 0 bridgehead atoms. The molecule has 98 valence electrons. The first kappa shape index (κ1) is 13.3. The number of hydrogen-bond acceptors (Lipinski definition) is 3. The third-order valence-corrected chi connectivity index (χ3v) is 2.76. The van der Waals surface area contributed by atoms with E-state index in [9.17, 15) is 9.18 Å². The predicted octanol–water partition coefficient (Wildman–Crippen LogP) is 3.25. The molecule has 0 amide bonds. The van der Waals surface area contributed by atoms with Gasteiger partial charge in [-0.05, 0) is 18.2 Å². The van der Waals surface area contributed by atoms with Crippen molar-refractivity contribution >= 4 is 17.6 Å². The largest absolute Gasteiger partial charge is 0.496 e. The molecule has 2 aromatic rings. The van der Waals surface area contributed by atoms with Crippen molar-refractivity contribution in [2.75, 3.05) is 7.11 Å². The van der Waals surface area contributed by atoms with E-state index in [0.717, 1.165) is 0 Å². The van der Waals surface area contributed by atoms with Crippen LogP contribution in [0.5, 0.6) is 5.75 Å². The van der Waals surface area contributed by atoms with Crippen LogP contribution in [0.15, 0.2) is 30.5 Å². The van der Waals surface area contributed by atoms with Gasteiger partial charge in [-0.1, -0.05) is 11.6 Å². The molecule has 1 aromatic carbocycles. The summed E-state index contributed by atoms with van der Waals surface area (Å²) in [5.41, 5.74) is 0.365. The number of halogens is 2. The molecule has 0 aliphatic rings. The highest BCUT2D eigenvalue weighted by molar-refractivity contribution is 6.30. The van der Waals surface area contributed by atoms with Gasteiger partial charge < -0.3 is 9.84 Å². The zero-order valence-corrected chi connectivity index (χ0v) is 10.6. The number of carboxylic acid groups (broad SMARTS) is 1. The summed E-state index contributed by atoms with van der Waals surface area (Å²) in [6, 6.07) is 5.31. The molecule has 0 saturated carbocycles. The highest BCUT2D eigenvalue weighted by Gasteiger charge is 2.15. The monoisotopic (exact) mass is 281 g/mol. The molecule has 0 spiro atoms. The number of nitrogens with zero attached hydrogens (tertiary/aromatic N) is 1. The summed E-state index contributed by atoms with van der Waals surface area (Å²) in [4.78, 5) is 14.6. The molecule has 4 nitrogen and oxygen atoms in total. The molecular weight excluding hydrogens is 273 g/mol. The van der Waals surface area contributed by atoms with Gasteiger partial charge in [0, 0.05) is 28.4 Å². The lowest BCUT2D eigenvalue weighted by Crippen LogP contribution is -2.02. The first-order chi connectivity index (χ1) is 9.02. The number of carboxylic acids is 1. The number of ether oxygens (including phenoxy) is 1. The molecular formula is C13H9ClFNO3. The molecule has 1 heterocycles. The molecule has 0 aliphatic heterocycles. The molecule has 0 atom stereocenters. The number of carbonyl (C=O) groups is 1. The zero-order valence-electron chi connectivity index (χ0n) is 9.85. The van der Waals surface area contributed by atoms with Crippen LogP contribution >= 0.6 is 11.6 Å². The van der Waals surface area contributed by atoms with Crippen LogP contribution in [0.4, 0.5) is 4.39 Å². The van der Waals surface area contributed by atoms with Crippen molar-refractivity contribution in [3.63, 3.8) is 0 Å². The van der Waals surface area contributed by atoms with Crippen molar-refractivity contribution in [2.24, 2.45) is 0 Å². The molecule has 19 heavy (non-hydrogen) atoms. The van der Waals surface area contributed by atoms with Crippen LogP contribution in [0.3, 0.4) is 0 Å². The Morgan fingerprint density at radius 1 is 1.37 bits per heavy atom. The zero-order chi connectivity index (χ0) is 14.0. The minimum atomic E-state index is -1.18. The molecule has 0 unspecified atom stereocenters. The fourth-order valence-electron chi connectivity index (χ4n) is 1.63. The van der Waals surface area contributed by atoms with Crippen molar-refractivity contribution in [3.05, 3.63) is 47.0 Å². The summed E-state index contributed by atoms with van der Waals surface area (Å²) in [6.07, 6.45) is 1.25. The highest BCUT2D eigenvalue weighted by atomic mass is 35.5. The van der Waals surface area contributed by atoms with E-state index in [1.165, 1.54) is 37.6 Å². The predicted molar refractivity (Wildman–Crippen MR) is 68.2 cm³/mol. The van der Waals surface area contributed by atoms with Gasteiger partial charge in [-0.15, -0.1) is 0 Å². The molecule has 6 heteroatoms. The van der Waals surface area contributed by atoms with Gasteiger partial charge in [0.2, 0.25) is 0 Å². The summed E-state index contributed by atoms with van der Waals surface area (Å²) in [6.45, 7) is 0. The van der Waals surface area contributed by atoms with Gasteiger partial charge in [-0.3, -0.25) is 0 Å². The maximum Gasteiger partial charge on any atom is 0.354 e. The Labute approximate surface area is 113 Å². The maximum atomic E-state index is 13.8. The van der Waals surface area contributed by atoms with Crippen molar-refractivity contribution in [2.45, 2.75) is 0 Å². The van der Waals surface area contributed by atoms with Gasteiger partial charge in [0.05, 0.1) is 7.11 Å². The first-order valence-corrected chi connectivity index (χ1v) is 5.63. The topological polar surface area (TPSA) is 59.4 Å². The van der Waals surface area contributed by atoms with E-state index in [2.05, 4.69) is 4.98 Å². The molecule has 0 radical (unpaired) electrons. The highest BCUT2D eigenvalue weighted by Crippen LogP contribution is 2.33. The van der Waals surface area contributed by atoms with Crippen LogP contribution in [0, 0.1) is 5.82 Å². The van der Waals surface area contributed by atoms with Crippen LogP contribution in [0.25, 0.3) is 11.1 Å². The van der Waals surface area contributed by atoms with Crippen molar-refractivity contribution in [3.8, 4) is 16.9 Å². The smallest absolute Gasteiger partial charge is 0.354 e. The SMILES string of the molecule is COc1cc(C(=O)O)ncc1-c1cc(Cl)ccc1F. The number of aromatic carboxylic acids is 1. The van der Waals surface area contributed by atoms with Crippen molar-refractivity contribution in [1.82, 2.24) is 4.98 Å². The van der Waals surface area contributed by atoms with Gasteiger partial charge in [-0.25, -0.2) is 14.2 Å². The van der Waals surface area contributed by atoms with E-state index < -0.39 is 11.8 Å². The normalized spacial score (nSPS) is 10.3. The van der Waals surface area contributed by atoms with Crippen LogP contribution in [-0.4, -0.2) is 23.2 Å². The average molecular weight is 282 g/mol. The Morgan fingerprint density at radius 2 is 2.11 bits per heavy atom. The quantitative estimate of drug-likeness (QED) is 0.938. The van der Waals surface area contributed by atoms with Crippen LogP contribution < -0.4 is 4.74 Å². The lowest BCUT2D eigenvalue weighted by molar-refractivity contribution is 0.0690. The second-order valence-corrected chi connectivity index (χ2v) is 4.14. The molecule has 1 aromatic heterocycles. The third kappa shape index (κ3) is 2.66. The number of rotatable bonds is 3. The molecule has 0 saturated heterocycles. The summed E-state index contributed by atoms with van der Waals surface area (Å²) in [5, 5.41) is 9.21. The minimum absolute atomic E-state index is 0.178. The fourth-order valence-corrected chi connectivity index (χ4v) is 1.80. The fraction of sp³-hybridized carbons (Fsp3) is 0.0769.